The Hall–Kier alpha value is -7.20. The number of imidazole rings is 2. The molecule has 7 aromatic heterocycles. The standard InChI is InChI=1S/C27H28N4O2S.C26H22N6OS/c1-3-23(32)20-11-12-22-26(29-20)30-27(21-9-4-5-14-28-21)31(22)19-8-6-7-18(15-19)16-24(33)25-13-10-17(2)34-25;1-16-9-10-24(34-16)26(33)30-18-6-4-7-20(11-18)32-23-15-29-19(14-28)12-22(23)31-25(32)21-8-3-2-5-17(21)13-27/h4-5,9-14,18-19H,3,6-8,15-16H2,1-2H3;2-3,5,8-10,12,15,18,20H,4,6-7,11H2,1H3,(H,30,33)/t18-,19+;/m0./s1. The van der Waals surface area contributed by atoms with Crippen molar-refractivity contribution in [3.05, 3.63) is 134 Å². The smallest absolute Gasteiger partial charge is 0.261 e. The summed E-state index contributed by atoms with van der Waals surface area (Å²) in [7, 11) is 0. The summed E-state index contributed by atoms with van der Waals surface area (Å²) in [6, 6.07) is 31.1. The van der Waals surface area contributed by atoms with Crippen LogP contribution in [0.1, 0.15) is 134 Å². The molecule has 1 N–H and O–H groups in total. The van der Waals surface area contributed by atoms with Crippen molar-refractivity contribution in [1.29, 1.82) is 10.5 Å². The number of amides is 1. The maximum atomic E-state index is 12.9. The molecule has 2 saturated carbocycles. The predicted octanol–water partition coefficient (Wildman–Crippen LogP) is 11.6. The number of carbonyl (C=O) groups is 3. The molecule has 342 valence electrons. The van der Waals surface area contributed by atoms with E-state index in [-0.39, 0.29) is 35.6 Å². The van der Waals surface area contributed by atoms with Gasteiger partial charge in [-0.05, 0) is 125 Å². The number of nitriles is 2. The molecule has 2 fully saturated rings. The zero-order chi connectivity index (χ0) is 47.3. The van der Waals surface area contributed by atoms with E-state index in [0.29, 0.717) is 52.7 Å². The highest BCUT2D eigenvalue weighted by molar-refractivity contribution is 7.14. The minimum absolute atomic E-state index is 0.0101. The van der Waals surface area contributed by atoms with E-state index in [9.17, 15) is 24.9 Å². The molecule has 2 aliphatic carbocycles. The number of benzene rings is 1. The van der Waals surface area contributed by atoms with Crippen molar-refractivity contribution in [3.63, 3.8) is 0 Å². The van der Waals surface area contributed by atoms with E-state index in [0.717, 1.165) is 94.1 Å². The van der Waals surface area contributed by atoms with E-state index in [4.69, 9.17) is 9.97 Å². The summed E-state index contributed by atoms with van der Waals surface area (Å²) in [6.07, 6.45) is 12.1. The highest BCUT2D eigenvalue weighted by atomic mass is 32.1. The maximum Gasteiger partial charge on any atom is 0.261 e. The fourth-order valence-electron chi connectivity index (χ4n) is 9.72. The minimum Gasteiger partial charge on any atom is -0.349 e. The molecule has 1 amide bonds. The van der Waals surface area contributed by atoms with Crippen LogP contribution >= 0.6 is 22.7 Å². The monoisotopic (exact) mass is 938 g/mol. The Morgan fingerprint density at radius 1 is 0.735 bits per heavy atom. The first-order chi connectivity index (χ1) is 33.1. The van der Waals surface area contributed by atoms with Gasteiger partial charge in [-0.25, -0.2) is 19.9 Å². The van der Waals surface area contributed by atoms with E-state index < -0.39 is 0 Å². The van der Waals surface area contributed by atoms with E-state index in [1.54, 1.807) is 41.9 Å². The van der Waals surface area contributed by atoms with Crippen molar-refractivity contribution in [2.24, 2.45) is 5.92 Å². The molecular formula is C53H50N10O3S2. The third-order valence-corrected chi connectivity index (χ3v) is 15.0. The number of pyridine rings is 3. The van der Waals surface area contributed by atoms with E-state index in [2.05, 4.69) is 41.5 Å². The molecule has 2 unspecified atom stereocenters. The molecule has 7 heterocycles. The number of fused-ring (bicyclic) bond motifs is 2. The molecule has 68 heavy (non-hydrogen) atoms. The first-order valence-electron chi connectivity index (χ1n) is 23.2. The fraction of sp³-hybridized carbons (Fsp3) is 0.321. The van der Waals surface area contributed by atoms with Gasteiger partial charge in [-0.1, -0.05) is 31.5 Å². The molecule has 0 bridgehead atoms. The summed E-state index contributed by atoms with van der Waals surface area (Å²) in [5.41, 5.74) is 5.83. The van der Waals surface area contributed by atoms with Crippen LogP contribution in [-0.4, -0.2) is 57.6 Å². The Balaban J connectivity index is 0.000000170. The topological polar surface area (TPSA) is 185 Å². The number of hydrogen-bond acceptors (Lipinski definition) is 12. The summed E-state index contributed by atoms with van der Waals surface area (Å²) in [5, 5.41) is 22.2. The molecule has 1 aromatic carbocycles. The van der Waals surface area contributed by atoms with Crippen molar-refractivity contribution in [3.8, 4) is 35.0 Å². The van der Waals surface area contributed by atoms with Gasteiger partial charge in [0.2, 0.25) is 0 Å². The highest BCUT2D eigenvalue weighted by Gasteiger charge is 2.31. The molecule has 13 nitrogen and oxygen atoms in total. The van der Waals surface area contributed by atoms with Crippen LogP contribution in [0.15, 0.2) is 97.3 Å². The van der Waals surface area contributed by atoms with E-state index in [1.165, 1.54) is 16.2 Å². The van der Waals surface area contributed by atoms with Gasteiger partial charge in [-0.3, -0.25) is 19.4 Å². The number of aryl methyl sites for hydroxylation is 2. The van der Waals surface area contributed by atoms with Gasteiger partial charge >= 0.3 is 0 Å². The first kappa shape index (κ1) is 45.9. The van der Waals surface area contributed by atoms with Crippen molar-refractivity contribution in [2.45, 2.75) is 103 Å². The van der Waals surface area contributed by atoms with Crippen LogP contribution in [0.25, 0.3) is 45.1 Å². The number of hydrogen-bond donors (Lipinski definition) is 1. The Kier molecular flexibility index (Phi) is 13.7. The van der Waals surface area contributed by atoms with E-state index >= 15 is 0 Å². The first-order valence-corrected chi connectivity index (χ1v) is 24.8. The van der Waals surface area contributed by atoms with Crippen LogP contribution in [0, 0.1) is 42.4 Å². The Morgan fingerprint density at radius 3 is 2.19 bits per heavy atom. The lowest BCUT2D eigenvalue weighted by molar-refractivity contribution is 0.0921. The third kappa shape index (κ3) is 9.77. The Morgan fingerprint density at radius 2 is 1.47 bits per heavy atom. The van der Waals surface area contributed by atoms with Crippen molar-refractivity contribution >= 4 is 62.3 Å². The Labute approximate surface area is 402 Å². The number of ketones is 2. The van der Waals surface area contributed by atoms with Crippen LogP contribution in [-0.2, 0) is 0 Å². The van der Waals surface area contributed by atoms with Crippen LogP contribution in [0.2, 0.25) is 0 Å². The zero-order valence-corrected chi connectivity index (χ0v) is 39.8. The molecular weight excluding hydrogens is 889 g/mol. The zero-order valence-electron chi connectivity index (χ0n) is 38.2. The number of Topliss-reactive ketones (excluding diaryl/α,β-unsaturated/α-hetero) is 2. The van der Waals surface area contributed by atoms with Gasteiger partial charge in [0, 0.05) is 58.5 Å². The van der Waals surface area contributed by atoms with Gasteiger partial charge in [-0.2, -0.15) is 10.5 Å². The molecule has 10 rings (SSSR count). The van der Waals surface area contributed by atoms with Gasteiger partial charge in [0.1, 0.15) is 29.0 Å². The number of nitrogens with one attached hydrogen (secondary N) is 1. The fourth-order valence-corrected chi connectivity index (χ4v) is 11.3. The van der Waals surface area contributed by atoms with Crippen LogP contribution < -0.4 is 5.32 Å². The Bertz CT molecular complexity index is 3240. The molecule has 4 atom stereocenters. The summed E-state index contributed by atoms with van der Waals surface area (Å²) in [5.74, 6) is 2.01. The average Bonchev–Trinajstić information content (AvgIpc) is 4.19. The number of aromatic nitrogens is 7. The summed E-state index contributed by atoms with van der Waals surface area (Å²) >= 11 is 3.08. The molecule has 2 aliphatic rings. The number of nitrogens with zero attached hydrogens (tertiary/aromatic N) is 9. The maximum absolute atomic E-state index is 12.9. The van der Waals surface area contributed by atoms with Crippen LogP contribution in [0.3, 0.4) is 0 Å². The SMILES string of the molecule is CCC(=O)c1ccc2c(n1)nc(-c1ccccn1)n2[C@@H]1CCC[C@H](CC(=O)c2ccc(C)s2)C1.Cc1ccc(C(=O)NC2CCCC(n3c(-c4ccccc4C#N)nc4cc(C#N)ncc43)C2)s1. The normalized spacial score (nSPS) is 18.0. The van der Waals surface area contributed by atoms with Crippen molar-refractivity contribution < 1.29 is 14.4 Å². The quantitative estimate of drug-likeness (QED) is 0.122. The number of rotatable bonds is 11. The molecule has 0 radical (unpaired) electrons. The lowest BCUT2D eigenvalue weighted by atomic mass is 9.82. The third-order valence-electron chi connectivity index (χ3n) is 13.0. The highest BCUT2D eigenvalue weighted by Crippen LogP contribution is 2.40. The minimum atomic E-state index is -0.0328. The lowest BCUT2D eigenvalue weighted by Gasteiger charge is -2.32. The van der Waals surface area contributed by atoms with Gasteiger partial charge < -0.3 is 14.5 Å². The summed E-state index contributed by atoms with van der Waals surface area (Å²) in [4.78, 5) is 64.9. The van der Waals surface area contributed by atoms with Crippen LogP contribution in [0.5, 0.6) is 0 Å². The molecule has 15 heteroatoms. The second kappa shape index (κ2) is 20.3. The summed E-state index contributed by atoms with van der Waals surface area (Å²) < 4.78 is 4.39. The van der Waals surface area contributed by atoms with Crippen LogP contribution in [0.4, 0.5) is 0 Å². The average molecular weight is 939 g/mol. The molecule has 8 aromatic rings. The second-order valence-electron chi connectivity index (χ2n) is 17.6. The van der Waals surface area contributed by atoms with Crippen molar-refractivity contribution in [2.75, 3.05) is 0 Å². The van der Waals surface area contributed by atoms with E-state index in [1.807, 2.05) is 87.5 Å². The number of carbonyl (C=O) groups excluding carboxylic acids is 3. The van der Waals surface area contributed by atoms with Gasteiger partial charge in [-0.15, -0.1) is 22.7 Å². The molecule has 0 saturated heterocycles. The lowest BCUT2D eigenvalue weighted by Crippen LogP contribution is -2.38. The summed E-state index contributed by atoms with van der Waals surface area (Å²) in [6.45, 7) is 5.87. The van der Waals surface area contributed by atoms with Gasteiger partial charge in [0.25, 0.3) is 5.91 Å². The number of thiophene rings is 2. The largest absolute Gasteiger partial charge is 0.349 e. The molecule has 0 spiro atoms. The second-order valence-corrected chi connectivity index (χ2v) is 20.2. The van der Waals surface area contributed by atoms with Gasteiger partial charge in [0.15, 0.2) is 23.0 Å². The predicted molar refractivity (Wildman–Crippen MR) is 265 cm³/mol. The van der Waals surface area contributed by atoms with Crippen molar-refractivity contribution in [1.82, 2.24) is 39.4 Å². The molecule has 0 aliphatic heterocycles. The van der Waals surface area contributed by atoms with Gasteiger partial charge in [0.05, 0.1) is 44.1 Å².